The molecule has 0 aliphatic carbocycles. The summed E-state index contributed by atoms with van der Waals surface area (Å²) in [6, 6.07) is 8.34. The number of fused-ring (bicyclic) bond motifs is 1. The van der Waals surface area contributed by atoms with E-state index in [-0.39, 0.29) is 17.6 Å². The molecule has 2 atom stereocenters. The van der Waals surface area contributed by atoms with Crippen molar-refractivity contribution < 1.29 is 4.79 Å². The van der Waals surface area contributed by atoms with Crippen molar-refractivity contribution in [2.24, 2.45) is 7.05 Å². The van der Waals surface area contributed by atoms with E-state index in [2.05, 4.69) is 17.6 Å². The van der Waals surface area contributed by atoms with Gasteiger partial charge in [0.15, 0.2) is 0 Å². The number of hydrogen-bond acceptors (Lipinski definition) is 3. The van der Waals surface area contributed by atoms with Crippen LogP contribution in [0.15, 0.2) is 29.1 Å². The molecular weight excluding hydrogens is 292 g/mol. The molecule has 1 amide bonds. The molecule has 2 heterocycles. The first kappa shape index (κ1) is 15.8. The maximum atomic E-state index is 12.3. The van der Waals surface area contributed by atoms with Crippen molar-refractivity contribution in [2.75, 3.05) is 6.54 Å². The molecule has 0 spiro atoms. The first-order chi connectivity index (χ1) is 11.1. The highest BCUT2D eigenvalue weighted by Gasteiger charge is 2.20. The van der Waals surface area contributed by atoms with E-state index in [1.807, 2.05) is 24.3 Å². The molecule has 2 unspecified atom stereocenters. The smallest absolute Gasteiger partial charge is 0.328 e. The van der Waals surface area contributed by atoms with Gasteiger partial charge < -0.3 is 10.6 Å². The first-order valence-electron chi connectivity index (χ1n) is 8.23. The maximum Gasteiger partial charge on any atom is 0.328 e. The Bertz CT molecular complexity index is 762. The van der Waals surface area contributed by atoms with E-state index >= 15 is 0 Å². The Morgan fingerprint density at radius 1 is 1.35 bits per heavy atom. The van der Waals surface area contributed by atoms with E-state index < -0.39 is 0 Å². The minimum absolute atomic E-state index is 0.0175. The number of carbonyl (C=O) groups excluding carboxylic acids is 1. The molecule has 23 heavy (non-hydrogen) atoms. The standard InChI is InChI=1S/C17H24N4O2/c1-12-11-13(7-9-18-12)19-16(22)8-10-21-15-6-4-3-5-14(15)20(2)17(21)23/h3-6,12-13,18H,7-11H2,1-2H3,(H,19,22). The lowest BCUT2D eigenvalue weighted by Gasteiger charge is -2.28. The Labute approximate surface area is 135 Å². The highest BCUT2D eigenvalue weighted by atomic mass is 16.2. The minimum Gasteiger partial charge on any atom is -0.353 e. The topological polar surface area (TPSA) is 68.1 Å². The number of rotatable bonds is 4. The Kier molecular flexibility index (Phi) is 4.52. The summed E-state index contributed by atoms with van der Waals surface area (Å²) in [4.78, 5) is 24.5. The van der Waals surface area contributed by atoms with E-state index in [0.29, 0.717) is 19.0 Å². The van der Waals surface area contributed by atoms with Gasteiger partial charge in [0.1, 0.15) is 0 Å². The Hall–Kier alpha value is -2.08. The molecule has 6 nitrogen and oxygen atoms in total. The van der Waals surface area contributed by atoms with Gasteiger partial charge in [-0.05, 0) is 38.4 Å². The van der Waals surface area contributed by atoms with Crippen LogP contribution in [0.1, 0.15) is 26.2 Å². The second-order valence-electron chi connectivity index (χ2n) is 6.38. The molecule has 124 valence electrons. The summed E-state index contributed by atoms with van der Waals surface area (Å²) in [5.41, 5.74) is 1.70. The average molecular weight is 316 g/mol. The van der Waals surface area contributed by atoms with Crippen LogP contribution >= 0.6 is 0 Å². The summed E-state index contributed by atoms with van der Waals surface area (Å²) >= 11 is 0. The Balaban J connectivity index is 1.65. The fourth-order valence-corrected chi connectivity index (χ4v) is 3.36. The fraction of sp³-hybridized carbons (Fsp3) is 0.529. The summed E-state index contributed by atoms with van der Waals surface area (Å²) < 4.78 is 3.31. The summed E-state index contributed by atoms with van der Waals surface area (Å²) in [5.74, 6) is 0.0175. The highest BCUT2D eigenvalue weighted by molar-refractivity contribution is 5.78. The number of aryl methyl sites for hydroxylation is 2. The van der Waals surface area contributed by atoms with Gasteiger partial charge in [-0.1, -0.05) is 12.1 Å². The van der Waals surface area contributed by atoms with Gasteiger partial charge in [0, 0.05) is 32.1 Å². The largest absolute Gasteiger partial charge is 0.353 e. The molecule has 1 aliphatic rings. The van der Waals surface area contributed by atoms with Gasteiger partial charge in [-0.2, -0.15) is 0 Å². The van der Waals surface area contributed by atoms with E-state index in [1.165, 1.54) is 0 Å². The molecule has 1 saturated heterocycles. The monoisotopic (exact) mass is 316 g/mol. The Morgan fingerprint density at radius 2 is 2.09 bits per heavy atom. The summed E-state index contributed by atoms with van der Waals surface area (Å²) in [6.07, 6.45) is 2.25. The second-order valence-corrected chi connectivity index (χ2v) is 6.38. The zero-order valence-corrected chi connectivity index (χ0v) is 13.7. The number of para-hydroxylation sites is 2. The average Bonchev–Trinajstić information content (AvgIpc) is 2.77. The van der Waals surface area contributed by atoms with Gasteiger partial charge in [0.25, 0.3) is 0 Å². The lowest BCUT2D eigenvalue weighted by Crippen LogP contribution is -2.46. The van der Waals surface area contributed by atoms with Gasteiger partial charge in [-0.15, -0.1) is 0 Å². The predicted octanol–water partition coefficient (Wildman–Crippen LogP) is 0.987. The third-order valence-electron chi connectivity index (χ3n) is 4.60. The third kappa shape index (κ3) is 3.32. The number of amides is 1. The second kappa shape index (κ2) is 6.58. The predicted molar refractivity (Wildman–Crippen MR) is 90.4 cm³/mol. The lowest BCUT2D eigenvalue weighted by atomic mass is 10.0. The lowest BCUT2D eigenvalue weighted by molar-refractivity contribution is -0.122. The van der Waals surface area contributed by atoms with Crippen LogP contribution in [0.3, 0.4) is 0 Å². The summed E-state index contributed by atoms with van der Waals surface area (Å²) in [5, 5.41) is 6.47. The fourth-order valence-electron chi connectivity index (χ4n) is 3.36. The number of nitrogens with one attached hydrogen (secondary N) is 2. The minimum atomic E-state index is -0.0745. The highest BCUT2D eigenvalue weighted by Crippen LogP contribution is 2.12. The van der Waals surface area contributed by atoms with Crippen LogP contribution in [0, 0.1) is 0 Å². The first-order valence-corrected chi connectivity index (χ1v) is 8.23. The molecule has 2 aromatic rings. The van der Waals surface area contributed by atoms with Gasteiger partial charge in [0.05, 0.1) is 11.0 Å². The van der Waals surface area contributed by atoms with Gasteiger partial charge in [0.2, 0.25) is 5.91 Å². The van der Waals surface area contributed by atoms with E-state index in [4.69, 9.17) is 0 Å². The molecule has 0 saturated carbocycles. The molecule has 1 aromatic carbocycles. The van der Waals surface area contributed by atoms with Crippen LogP contribution < -0.4 is 16.3 Å². The summed E-state index contributed by atoms with van der Waals surface area (Å²) in [7, 11) is 1.76. The number of carbonyl (C=O) groups is 1. The summed E-state index contributed by atoms with van der Waals surface area (Å²) in [6.45, 7) is 3.48. The van der Waals surface area contributed by atoms with Crippen molar-refractivity contribution in [3.63, 3.8) is 0 Å². The molecular formula is C17H24N4O2. The third-order valence-corrected chi connectivity index (χ3v) is 4.60. The number of nitrogens with zero attached hydrogens (tertiary/aromatic N) is 2. The molecule has 1 aromatic heterocycles. The molecule has 3 rings (SSSR count). The number of hydrogen-bond donors (Lipinski definition) is 2. The number of piperidine rings is 1. The quantitative estimate of drug-likeness (QED) is 0.884. The SMILES string of the molecule is CC1CC(NC(=O)CCn2c(=O)n(C)c3ccccc32)CCN1. The van der Waals surface area contributed by atoms with Crippen molar-refractivity contribution in [2.45, 2.75) is 44.8 Å². The number of benzene rings is 1. The number of aromatic nitrogens is 2. The van der Waals surface area contributed by atoms with Crippen LogP contribution in [-0.2, 0) is 18.4 Å². The van der Waals surface area contributed by atoms with Gasteiger partial charge >= 0.3 is 5.69 Å². The van der Waals surface area contributed by atoms with E-state index in [9.17, 15) is 9.59 Å². The molecule has 0 radical (unpaired) electrons. The molecule has 1 fully saturated rings. The van der Waals surface area contributed by atoms with Crippen LogP contribution in [-0.4, -0.2) is 33.7 Å². The van der Waals surface area contributed by atoms with Crippen LogP contribution in [0.25, 0.3) is 11.0 Å². The molecule has 6 heteroatoms. The van der Waals surface area contributed by atoms with Crippen LogP contribution in [0.5, 0.6) is 0 Å². The van der Waals surface area contributed by atoms with Crippen molar-refractivity contribution in [1.82, 2.24) is 19.8 Å². The van der Waals surface area contributed by atoms with E-state index in [0.717, 1.165) is 30.4 Å². The molecule has 2 N–H and O–H groups in total. The van der Waals surface area contributed by atoms with Crippen LogP contribution in [0.2, 0.25) is 0 Å². The van der Waals surface area contributed by atoms with E-state index in [1.54, 1.807) is 16.2 Å². The van der Waals surface area contributed by atoms with Crippen LogP contribution in [0.4, 0.5) is 0 Å². The molecule has 1 aliphatic heterocycles. The number of imidazole rings is 1. The van der Waals surface area contributed by atoms with Crippen molar-refractivity contribution in [3.8, 4) is 0 Å². The van der Waals surface area contributed by atoms with Crippen molar-refractivity contribution >= 4 is 16.9 Å². The zero-order valence-electron chi connectivity index (χ0n) is 13.7. The zero-order chi connectivity index (χ0) is 16.4. The molecule has 0 bridgehead atoms. The van der Waals surface area contributed by atoms with Gasteiger partial charge in [-0.3, -0.25) is 13.9 Å². The van der Waals surface area contributed by atoms with Crippen molar-refractivity contribution in [1.29, 1.82) is 0 Å². The normalized spacial score (nSPS) is 21.5. The maximum absolute atomic E-state index is 12.3. The van der Waals surface area contributed by atoms with Gasteiger partial charge in [-0.25, -0.2) is 4.79 Å². The van der Waals surface area contributed by atoms with Crippen molar-refractivity contribution in [3.05, 3.63) is 34.7 Å². The Morgan fingerprint density at radius 3 is 2.83 bits per heavy atom.